The van der Waals surface area contributed by atoms with Crippen molar-refractivity contribution in [1.82, 2.24) is 9.62 Å². The van der Waals surface area contributed by atoms with E-state index in [1.807, 2.05) is 6.92 Å². The molecular formula is C14H21FN2O2S. The van der Waals surface area contributed by atoms with Gasteiger partial charge in [0.2, 0.25) is 10.0 Å². The molecule has 1 heterocycles. The maximum Gasteiger partial charge on any atom is 0.211 e. The molecule has 2 rings (SSSR count). The van der Waals surface area contributed by atoms with Crippen LogP contribution in [0.3, 0.4) is 0 Å². The Balaban J connectivity index is 1.88. The highest BCUT2D eigenvalue weighted by Gasteiger charge is 2.25. The van der Waals surface area contributed by atoms with E-state index in [1.165, 1.54) is 22.7 Å². The third kappa shape index (κ3) is 4.01. The van der Waals surface area contributed by atoms with Crippen LogP contribution < -0.4 is 5.32 Å². The molecule has 1 aromatic carbocycles. The minimum absolute atomic E-state index is 0.130. The smallest absolute Gasteiger partial charge is 0.211 e. The molecule has 1 saturated heterocycles. The first kappa shape index (κ1) is 15.4. The van der Waals surface area contributed by atoms with E-state index < -0.39 is 10.0 Å². The lowest BCUT2D eigenvalue weighted by molar-refractivity contribution is 0.278. The lowest BCUT2D eigenvalue weighted by Crippen LogP contribution is -2.45. The van der Waals surface area contributed by atoms with Gasteiger partial charge in [0.1, 0.15) is 5.82 Å². The zero-order chi connectivity index (χ0) is 14.8. The molecule has 1 unspecified atom stereocenters. The molecular weight excluding hydrogens is 279 g/mol. The van der Waals surface area contributed by atoms with Gasteiger partial charge in [0.25, 0.3) is 0 Å². The molecule has 1 aliphatic heterocycles. The van der Waals surface area contributed by atoms with Gasteiger partial charge in [0.15, 0.2) is 0 Å². The summed E-state index contributed by atoms with van der Waals surface area (Å²) < 4.78 is 37.3. The van der Waals surface area contributed by atoms with Crippen LogP contribution in [0.15, 0.2) is 24.3 Å². The summed E-state index contributed by atoms with van der Waals surface area (Å²) >= 11 is 0. The van der Waals surface area contributed by atoms with Gasteiger partial charge in [-0.3, -0.25) is 0 Å². The molecule has 1 fully saturated rings. The molecule has 0 aliphatic carbocycles. The Hall–Kier alpha value is -0.980. The third-order valence-corrected chi connectivity index (χ3v) is 5.08. The van der Waals surface area contributed by atoms with Gasteiger partial charge in [0, 0.05) is 25.2 Å². The first-order valence-electron chi connectivity index (χ1n) is 6.83. The number of hydrogen-bond donors (Lipinski definition) is 1. The van der Waals surface area contributed by atoms with Crippen LogP contribution in [0.25, 0.3) is 0 Å². The molecule has 0 amide bonds. The van der Waals surface area contributed by atoms with Gasteiger partial charge < -0.3 is 5.32 Å². The van der Waals surface area contributed by atoms with Gasteiger partial charge in [-0.15, -0.1) is 0 Å². The van der Waals surface area contributed by atoms with E-state index in [2.05, 4.69) is 5.32 Å². The molecule has 0 bridgehead atoms. The number of benzene rings is 1. The van der Waals surface area contributed by atoms with E-state index in [4.69, 9.17) is 0 Å². The standard InChI is InChI=1S/C14H21FN2O2S/c1-11(12-3-5-13(15)6-4-12)16-14-7-9-17(10-8-14)20(2,18)19/h3-6,11,14,16H,7-10H2,1-2H3. The minimum atomic E-state index is -3.07. The van der Waals surface area contributed by atoms with E-state index in [-0.39, 0.29) is 11.9 Å². The van der Waals surface area contributed by atoms with Crippen molar-refractivity contribution in [2.45, 2.75) is 31.8 Å². The number of nitrogens with one attached hydrogen (secondary N) is 1. The second kappa shape index (κ2) is 6.20. The Labute approximate surface area is 120 Å². The number of nitrogens with zero attached hydrogens (tertiary/aromatic N) is 1. The zero-order valence-corrected chi connectivity index (χ0v) is 12.7. The zero-order valence-electron chi connectivity index (χ0n) is 11.8. The predicted molar refractivity (Wildman–Crippen MR) is 77.4 cm³/mol. The molecule has 4 nitrogen and oxygen atoms in total. The number of sulfonamides is 1. The highest BCUT2D eigenvalue weighted by molar-refractivity contribution is 7.88. The Morgan fingerprint density at radius 1 is 1.25 bits per heavy atom. The summed E-state index contributed by atoms with van der Waals surface area (Å²) in [6.07, 6.45) is 2.86. The Morgan fingerprint density at radius 3 is 2.30 bits per heavy atom. The predicted octanol–water partition coefficient (Wildman–Crippen LogP) is 1.90. The molecule has 20 heavy (non-hydrogen) atoms. The van der Waals surface area contributed by atoms with Crippen molar-refractivity contribution in [1.29, 1.82) is 0 Å². The molecule has 0 saturated carbocycles. The SMILES string of the molecule is CC(NC1CCN(S(C)(=O)=O)CC1)c1ccc(F)cc1. The largest absolute Gasteiger partial charge is 0.307 e. The van der Waals surface area contributed by atoms with Crippen LogP contribution in [-0.2, 0) is 10.0 Å². The second-order valence-electron chi connectivity index (χ2n) is 5.38. The molecule has 0 spiro atoms. The van der Waals surface area contributed by atoms with Crippen LogP contribution in [0.2, 0.25) is 0 Å². The van der Waals surface area contributed by atoms with Gasteiger partial charge in [-0.25, -0.2) is 17.1 Å². The summed E-state index contributed by atoms with van der Waals surface area (Å²) in [5.41, 5.74) is 1.04. The molecule has 1 aromatic rings. The topological polar surface area (TPSA) is 49.4 Å². The van der Waals surface area contributed by atoms with Crippen LogP contribution in [0, 0.1) is 5.82 Å². The fourth-order valence-electron chi connectivity index (χ4n) is 2.56. The lowest BCUT2D eigenvalue weighted by atomic mass is 10.0. The second-order valence-corrected chi connectivity index (χ2v) is 7.36. The molecule has 6 heteroatoms. The van der Waals surface area contributed by atoms with Crippen molar-refractivity contribution in [2.75, 3.05) is 19.3 Å². The number of halogens is 1. The van der Waals surface area contributed by atoms with E-state index in [0.717, 1.165) is 18.4 Å². The summed E-state index contributed by atoms with van der Waals surface area (Å²) in [6.45, 7) is 3.16. The molecule has 0 aromatic heterocycles. The monoisotopic (exact) mass is 300 g/mol. The summed E-state index contributed by atoms with van der Waals surface area (Å²) in [7, 11) is -3.07. The first-order chi connectivity index (χ1) is 9.36. The molecule has 1 N–H and O–H groups in total. The van der Waals surface area contributed by atoms with Crippen molar-refractivity contribution in [3.8, 4) is 0 Å². The van der Waals surface area contributed by atoms with E-state index >= 15 is 0 Å². The Morgan fingerprint density at radius 2 is 1.80 bits per heavy atom. The fraction of sp³-hybridized carbons (Fsp3) is 0.571. The summed E-state index contributed by atoms with van der Waals surface area (Å²) in [6, 6.07) is 6.90. The molecule has 0 radical (unpaired) electrons. The molecule has 1 atom stereocenters. The Kier molecular flexibility index (Phi) is 4.78. The average molecular weight is 300 g/mol. The third-order valence-electron chi connectivity index (χ3n) is 3.78. The average Bonchev–Trinajstić information content (AvgIpc) is 2.39. The van der Waals surface area contributed by atoms with Crippen LogP contribution in [0.4, 0.5) is 4.39 Å². The van der Waals surface area contributed by atoms with E-state index in [1.54, 1.807) is 12.1 Å². The van der Waals surface area contributed by atoms with Gasteiger partial charge >= 0.3 is 0 Å². The molecule has 1 aliphatic rings. The maximum atomic E-state index is 12.9. The van der Waals surface area contributed by atoms with Crippen LogP contribution in [0.5, 0.6) is 0 Å². The van der Waals surface area contributed by atoms with Gasteiger partial charge in [-0.1, -0.05) is 12.1 Å². The summed E-state index contributed by atoms with van der Waals surface area (Å²) in [4.78, 5) is 0. The summed E-state index contributed by atoms with van der Waals surface area (Å²) in [5, 5.41) is 3.48. The van der Waals surface area contributed by atoms with E-state index in [0.29, 0.717) is 19.1 Å². The van der Waals surface area contributed by atoms with Gasteiger partial charge in [0.05, 0.1) is 6.26 Å². The lowest BCUT2D eigenvalue weighted by Gasteiger charge is -2.32. The van der Waals surface area contributed by atoms with Crippen molar-refractivity contribution >= 4 is 10.0 Å². The quantitative estimate of drug-likeness (QED) is 0.924. The summed E-state index contributed by atoms with van der Waals surface area (Å²) in [5.74, 6) is -0.234. The van der Waals surface area contributed by atoms with Crippen LogP contribution in [-0.4, -0.2) is 38.1 Å². The normalized spacial score (nSPS) is 19.9. The van der Waals surface area contributed by atoms with Crippen LogP contribution >= 0.6 is 0 Å². The van der Waals surface area contributed by atoms with Crippen LogP contribution in [0.1, 0.15) is 31.4 Å². The molecule has 112 valence electrons. The van der Waals surface area contributed by atoms with Crippen molar-refractivity contribution in [3.05, 3.63) is 35.6 Å². The van der Waals surface area contributed by atoms with Crippen molar-refractivity contribution < 1.29 is 12.8 Å². The maximum absolute atomic E-state index is 12.9. The highest BCUT2D eigenvalue weighted by Crippen LogP contribution is 2.18. The first-order valence-corrected chi connectivity index (χ1v) is 8.68. The number of piperidine rings is 1. The van der Waals surface area contributed by atoms with Gasteiger partial charge in [-0.05, 0) is 37.5 Å². The Bertz CT molecular complexity index is 537. The number of rotatable bonds is 4. The van der Waals surface area contributed by atoms with Gasteiger partial charge in [-0.2, -0.15) is 0 Å². The fourth-order valence-corrected chi connectivity index (χ4v) is 3.43. The highest BCUT2D eigenvalue weighted by atomic mass is 32.2. The van der Waals surface area contributed by atoms with Crippen molar-refractivity contribution in [2.24, 2.45) is 0 Å². The number of hydrogen-bond acceptors (Lipinski definition) is 3. The van der Waals surface area contributed by atoms with Crippen molar-refractivity contribution in [3.63, 3.8) is 0 Å². The van der Waals surface area contributed by atoms with E-state index in [9.17, 15) is 12.8 Å². The minimum Gasteiger partial charge on any atom is -0.307 e.